The number of methoxy groups -OCH3 is 1. The van der Waals surface area contributed by atoms with Gasteiger partial charge < -0.3 is 9.84 Å². The first-order chi connectivity index (χ1) is 19.1. The van der Waals surface area contributed by atoms with Crippen molar-refractivity contribution in [2.75, 3.05) is 26.7 Å². The number of nitrogens with zero attached hydrogens (tertiary/aromatic N) is 2. The zero-order chi connectivity index (χ0) is 28.9. The molecule has 4 rings (SSSR count). The highest BCUT2D eigenvalue weighted by Crippen LogP contribution is 2.43. The molecule has 10 heteroatoms. The fraction of sp³-hybridized carbons (Fsp3) is 0.400. The molecule has 2 aromatic carbocycles. The number of aromatic nitrogens is 1. The zero-order valence-corrected chi connectivity index (χ0v) is 22.0. The molecule has 3 aromatic rings. The smallest absolute Gasteiger partial charge is 0.303 e. The van der Waals surface area contributed by atoms with Gasteiger partial charge in [0.1, 0.15) is 36.0 Å². The van der Waals surface area contributed by atoms with Crippen LogP contribution in [0.1, 0.15) is 55.0 Å². The summed E-state index contributed by atoms with van der Waals surface area (Å²) in [5.41, 5.74) is -0.342. The number of piperidine rings is 1. The number of likely N-dealkylation sites (tertiary alicyclic amines) is 1. The van der Waals surface area contributed by atoms with E-state index in [1.807, 2.05) is 4.90 Å². The Bertz CT molecular complexity index is 1420. The van der Waals surface area contributed by atoms with E-state index in [0.717, 1.165) is 0 Å². The summed E-state index contributed by atoms with van der Waals surface area (Å²) in [6.45, 7) is 0.199. The third-order valence-corrected chi connectivity index (χ3v) is 7.55. The molecule has 0 saturated carbocycles. The minimum absolute atomic E-state index is 0.000467. The molecule has 0 spiro atoms. The van der Waals surface area contributed by atoms with E-state index in [1.54, 1.807) is 18.2 Å². The van der Waals surface area contributed by atoms with Crippen LogP contribution in [0, 0.1) is 34.7 Å². The Hall–Kier alpha value is -3.71. The van der Waals surface area contributed by atoms with Gasteiger partial charge in [-0.1, -0.05) is 11.8 Å². The maximum atomic E-state index is 15.8. The molecule has 40 heavy (non-hydrogen) atoms. The van der Waals surface area contributed by atoms with Crippen LogP contribution in [-0.2, 0) is 11.5 Å². The number of rotatable bonds is 9. The monoisotopic (exact) mass is 560 g/mol. The maximum absolute atomic E-state index is 15.8. The molecule has 1 atom stereocenters. The number of halogens is 5. The first-order valence-electron chi connectivity index (χ1n) is 12.9. The fourth-order valence-corrected chi connectivity index (χ4v) is 5.34. The number of pyridine rings is 1. The highest BCUT2D eigenvalue weighted by Gasteiger charge is 2.37. The van der Waals surface area contributed by atoms with Crippen LogP contribution in [-0.4, -0.2) is 47.7 Å². The quantitative estimate of drug-likeness (QED) is 0.238. The van der Waals surface area contributed by atoms with Gasteiger partial charge in [0.15, 0.2) is 0 Å². The summed E-state index contributed by atoms with van der Waals surface area (Å²) in [4.78, 5) is 17.9. The van der Waals surface area contributed by atoms with E-state index < -0.39 is 47.2 Å². The number of benzene rings is 2. The summed E-state index contributed by atoms with van der Waals surface area (Å²) in [6, 6.07) is 6.12. The molecule has 0 bridgehead atoms. The standard InChI is InChI=1S/C30H29F5N2O3/c1-40-21-4-5-27-23(15-21)29(19(17-31)18-36-27)24(33)6-7-30(16-28(38)39)8-11-37(12-9-30)10-2-3-22-25(34)13-20(32)14-26(22)35/h4-5,13-15,18,24H,6-12,16-17H2,1H3,(H,38,39)/t24-/m1/s1. The average Bonchev–Trinajstić information content (AvgIpc) is 2.92. The Morgan fingerprint density at radius 1 is 1.18 bits per heavy atom. The normalized spacial score (nSPS) is 15.8. The summed E-state index contributed by atoms with van der Waals surface area (Å²) in [7, 11) is 1.48. The second-order valence-electron chi connectivity index (χ2n) is 10.1. The van der Waals surface area contributed by atoms with E-state index >= 15 is 4.39 Å². The van der Waals surface area contributed by atoms with Gasteiger partial charge in [-0.05, 0) is 62.4 Å². The third kappa shape index (κ3) is 6.70. The van der Waals surface area contributed by atoms with Crippen LogP contribution >= 0.6 is 0 Å². The van der Waals surface area contributed by atoms with Crippen LogP contribution in [0.4, 0.5) is 22.0 Å². The Morgan fingerprint density at radius 3 is 2.50 bits per heavy atom. The predicted octanol–water partition coefficient (Wildman–Crippen LogP) is 6.53. The molecule has 0 radical (unpaired) electrons. The largest absolute Gasteiger partial charge is 0.497 e. The Kier molecular flexibility index (Phi) is 9.25. The molecule has 212 valence electrons. The van der Waals surface area contributed by atoms with Crippen LogP contribution in [0.5, 0.6) is 5.75 Å². The number of alkyl halides is 2. The Labute approximate surface area is 229 Å². The van der Waals surface area contributed by atoms with Gasteiger partial charge in [-0.25, -0.2) is 22.0 Å². The van der Waals surface area contributed by atoms with Crippen LogP contribution in [0.3, 0.4) is 0 Å². The molecule has 1 aromatic heterocycles. The van der Waals surface area contributed by atoms with E-state index in [1.165, 1.54) is 13.3 Å². The van der Waals surface area contributed by atoms with Crippen molar-refractivity contribution in [1.82, 2.24) is 9.88 Å². The second kappa shape index (κ2) is 12.6. The first kappa shape index (κ1) is 29.3. The second-order valence-corrected chi connectivity index (χ2v) is 10.1. The molecular formula is C30H29F5N2O3. The molecule has 0 amide bonds. The molecule has 5 nitrogen and oxygen atoms in total. The van der Waals surface area contributed by atoms with Crippen LogP contribution in [0.2, 0.25) is 0 Å². The lowest BCUT2D eigenvalue weighted by Crippen LogP contribution is -2.41. The van der Waals surface area contributed by atoms with E-state index in [4.69, 9.17) is 4.74 Å². The van der Waals surface area contributed by atoms with E-state index in [-0.39, 0.29) is 36.9 Å². The minimum atomic E-state index is -1.54. The number of ether oxygens (including phenoxy) is 1. The molecule has 0 aliphatic carbocycles. The third-order valence-electron chi connectivity index (χ3n) is 7.55. The summed E-state index contributed by atoms with van der Waals surface area (Å²) in [5, 5.41) is 10.1. The van der Waals surface area contributed by atoms with Crippen molar-refractivity contribution in [1.29, 1.82) is 0 Å². The highest BCUT2D eigenvalue weighted by atomic mass is 19.2. The van der Waals surface area contributed by atoms with Crippen LogP contribution in [0.25, 0.3) is 10.9 Å². The Balaban J connectivity index is 1.46. The van der Waals surface area contributed by atoms with Gasteiger partial charge in [-0.3, -0.25) is 14.7 Å². The highest BCUT2D eigenvalue weighted by molar-refractivity contribution is 5.85. The lowest BCUT2D eigenvalue weighted by atomic mass is 9.71. The average molecular weight is 561 g/mol. The molecule has 1 fully saturated rings. The first-order valence-corrected chi connectivity index (χ1v) is 12.9. The van der Waals surface area contributed by atoms with Crippen LogP contribution in [0.15, 0.2) is 36.5 Å². The lowest BCUT2D eigenvalue weighted by Gasteiger charge is -2.41. The van der Waals surface area contributed by atoms with Crippen molar-refractivity contribution in [3.05, 3.63) is 70.7 Å². The summed E-state index contributed by atoms with van der Waals surface area (Å²) in [6.07, 6.45) is 0.810. The van der Waals surface area contributed by atoms with E-state index in [0.29, 0.717) is 54.7 Å². The Morgan fingerprint density at radius 2 is 1.88 bits per heavy atom. The maximum Gasteiger partial charge on any atom is 0.303 e. The van der Waals surface area contributed by atoms with Gasteiger partial charge in [0.2, 0.25) is 0 Å². The number of carboxylic acids is 1. The molecule has 1 saturated heterocycles. The van der Waals surface area contributed by atoms with Gasteiger partial charge in [-0.2, -0.15) is 0 Å². The van der Waals surface area contributed by atoms with Crippen molar-refractivity contribution in [2.24, 2.45) is 5.41 Å². The van der Waals surface area contributed by atoms with Gasteiger partial charge in [-0.15, -0.1) is 0 Å². The van der Waals surface area contributed by atoms with E-state index in [9.17, 15) is 27.5 Å². The van der Waals surface area contributed by atoms with Crippen molar-refractivity contribution in [3.63, 3.8) is 0 Å². The molecular weight excluding hydrogens is 531 g/mol. The summed E-state index contributed by atoms with van der Waals surface area (Å²) < 4.78 is 75.7. The molecule has 2 heterocycles. The number of hydrogen-bond acceptors (Lipinski definition) is 4. The van der Waals surface area contributed by atoms with Crippen LogP contribution < -0.4 is 4.74 Å². The van der Waals surface area contributed by atoms with Gasteiger partial charge in [0, 0.05) is 34.8 Å². The zero-order valence-electron chi connectivity index (χ0n) is 22.0. The van der Waals surface area contributed by atoms with Crippen molar-refractivity contribution >= 4 is 16.9 Å². The number of aliphatic carboxylic acids is 1. The number of carbonyl (C=O) groups is 1. The topological polar surface area (TPSA) is 62.7 Å². The fourth-order valence-electron chi connectivity index (χ4n) is 5.34. The minimum Gasteiger partial charge on any atom is -0.497 e. The lowest BCUT2D eigenvalue weighted by molar-refractivity contribution is -0.141. The molecule has 1 N–H and O–H groups in total. The van der Waals surface area contributed by atoms with Crippen molar-refractivity contribution < 1.29 is 36.6 Å². The van der Waals surface area contributed by atoms with E-state index in [2.05, 4.69) is 16.8 Å². The molecule has 0 unspecified atom stereocenters. The summed E-state index contributed by atoms with van der Waals surface area (Å²) in [5.74, 6) is 1.40. The van der Waals surface area contributed by atoms with Gasteiger partial charge in [0.05, 0.1) is 31.2 Å². The SMILES string of the molecule is COc1ccc2ncc(CF)c([C@H](F)CCC3(CC(=O)O)CCN(CC#Cc4c(F)cc(F)cc4F)CC3)c2c1. The van der Waals surface area contributed by atoms with Crippen molar-refractivity contribution in [2.45, 2.75) is 45.0 Å². The number of carboxylic acid groups (broad SMARTS) is 1. The van der Waals surface area contributed by atoms with Gasteiger partial charge >= 0.3 is 5.97 Å². The number of hydrogen-bond donors (Lipinski definition) is 1. The summed E-state index contributed by atoms with van der Waals surface area (Å²) >= 11 is 0. The van der Waals surface area contributed by atoms with Gasteiger partial charge in [0.25, 0.3) is 0 Å². The molecule has 1 aliphatic rings. The number of fused-ring (bicyclic) bond motifs is 1. The predicted molar refractivity (Wildman–Crippen MR) is 140 cm³/mol. The molecule has 1 aliphatic heterocycles. The van der Waals surface area contributed by atoms with Crippen molar-refractivity contribution in [3.8, 4) is 17.6 Å².